The van der Waals surface area contributed by atoms with Gasteiger partial charge in [-0.3, -0.25) is 4.98 Å². The lowest BCUT2D eigenvalue weighted by Crippen LogP contribution is -2.40. The highest BCUT2D eigenvalue weighted by Gasteiger charge is 2.18. The average molecular weight is 227 g/mol. The number of nitriles is 1. The van der Waals surface area contributed by atoms with E-state index in [-0.39, 0.29) is 6.61 Å². The summed E-state index contributed by atoms with van der Waals surface area (Å²) in [6.45, 7) is 1.79. The molecule has 17 heavy (non-hydrogen) atoms. The molecule has 0 aliphatic heterocycles. The van der Waals surface area contributed by atoms with Gasteiger partial charge in [-0.2, -0.15) is 5.26 Å². The van der Waals surface area contributed by atoms with E-state index in [0.717, 1.165) is 10.9 Å². The van der Waals surface area contributed by atoms with Crippen molar-refractivity contribution in [3.05, 3.63) is 36.5 Å². The normalized spacial score (nSPS) is 13.9. The van der Waals surface area contributed by atoms with Crippen molar-refractivity contribution < 1.29 is 4.74 Å². The molecule has 0 amide bonds. The van der Waals surface area contributed by atoms with E-state index >= 15 is 0 Å². The Morgan fingerprint density at radius 1 is 1.47 bits per heavy atom. The number of fused-ring (bicyclic) bond motifs is 1. The highest BCUT2D eigenvalue weighted by Crippen LogP contribution is 2.19. The van der Waals surface area contributed by atoms with E-state index in [0.29, 0.717) is 5.75 Å². The van der Waals surface area contributed by atoms with Crippen molar-refractivity contribution in [2.24, 2.45) is 5.73 Å². The standard InChI is InChI=1S/C13H13N3O/c1-13(15,8-14)9-17-11-5-4-10-3-2-6-16-12(10)7-11/h2-7H,9,15H2,1H3. The van der Waals surface area contributed by atoms with Crippen LogP contribution in [0.3, 0.4) is 0 Å². The molecule has 1 unspecified atom stereocenters. The summed E-state index contributed by atoms with van der Waals surface area (Å²) >= 11 is 0. The van der Waals surface area contributed by atoms with E-state index in [9.17, 15) is 0 Å². The van der Waals surface area contributed by atoms with Gasteiger partial charge in [-0.15, -0.1) is 0 Å². The lowest BCUT2D eigenvalue weighted by atomic mass is 10.1. The third-order valence-corrected chi connectivity index (χ3v) is 2.37. The lowest BCUT2D eigenvalue weighted by Gasteiger charge is -2.16. The molecule has 0 bridgehead atoms. The van der Waals surface area contributed by atoms with Gasteiger partial charge in [0.05, 0.1) is 11.6 Å². The molecule has 1 atom stereocenters. The monoisotopic (exact) mass is 227 g/mol. The van der Waals surface area contributed by atoms with Crippen LogP contribution >= 0.6 is 0 Å². The first kappa shape index (κ1) is 11.4. The summed E-state index contributed by atoms with van der Waals surface area (Å²) < 4.78 is 5.48. The molecular formula is C13H13N3O. The van der Waals surface area contributed by atoms with Crippen molar-refractivity contribution in [2.45, 2.75) is 12.5 Å². The molecule has 0 spiro atoms. The van der Waals surface area contributed by atoms with Gasteiger partial charge in [0.1, 0.15) is 17.9 Å². The zero-order valence-electron chi connectivity index (χ0n) is 9.55. The predicted octanol–water partition coefficient (Wildman–Crippen LogP) is 1.85. The second-order valence-electron chi connectivity index (χ2n) is 4.18. The number of hydrogen-bond donors (Lipinski definition) is 1. The molecule has 0 saturated heterocycles. The Bertz CT molecular complexity index is 572. The van der Waals surface area contributed by atoms with E-state index in [1.54, 1.807) is 13.1 Å². The summed E-state index contributed by atoms with van der Waals surface area (Å²) in [4.78, 5) is 4.23. The highest BCUT2D eigenvalue weighted by atomic mass is 16.5. The van der Waals surface area contributed by atoms with Gasteiger partial charge in [-0.25, -0.2) is 0 Å². The van der Waals surface area contributed by atoms with Crippen molar-refractivity contribution in [3.8, 4) is 11.8 Å². The molecule has 2 N–H and O–H groups in total. The Kier molecular flexibility index (Phi) is 2.94. The number of nitrogens with zero attached hydrogens (tertiary/aromatic N) is 2. The third-order valence-electron chi connectivity index (χ3n) is 2.37. The van der Waals surface area contributed by atoms with E-state index in [1.165, 1.54) is 0 Å². The first-order valence-corrected chi connectivity index (χ1v) is 5.28. The van der Waals surface area contributed by atoms with Crippen LogP contribution in [-0.4, -0.2) is 17.1 Å². The maximum Gasteiger partial charge on any atom is 0.135 e. The Balaban J connectivity index is 2.18. The highest BCUT2D eigenvalue weighted by molar-refractivity contribution is 5.79. The van der Waals surface area contributed by atoms with E-state index in [2.05, 4.69) is 4.98 Å². The number of pyridine rings is 1. The summed E-state index contributed by atoms with van der Waals surface area (Å²) in [6.07, 6.45) is 1.73. The molecule has 0 aliphatic carbocycles. The number of benzene rings is 1. The fourth-order valence-electron chi connectivity index (χ4n) is 1.40. The van der Waals surface area contributed by atoms with Crippen LogP contribution in [-0.2, 0) is 0 Å². The molecule has 1 heterocycles. The molecule has 0 radical (unpaired) electrons. The van der Waals surface area contributed by atoms with Crippen LogP contribution in [0, 0.1) is 11.3 Å². The molecule has 0 saturated carbocycles. The number of hydrogen-bond acceptors (Lipinski definition) is 4. The van der Waals surface area contributed by atoms with Crippen molar-refractivity contribution in [2.75, 3.05) is 6.61 Å². The van der Waals surface area contributed by atoms with E-state index in [4.69, 9.17) is 15.7 Å². The van der Waals surface area contributed by atoms with Crippen molar-refractivity contribution in [1.29, 1.82) is 5.26 Å². The smallest absolute Gasteiger partial charge is 0.135 e. The van der Waals surface area contributed by atoms with Gasteiger partial charge in [0, 0.05) is 17.6 Å². The quantitative estimate of drug-likeness (QED) is 0.868. The van der Waals surface area contributed by atoms with Gasteiger partial charge < -0.3 is 10.5 Å². The fourth-order valence-corrected chi connectivity index (χ4v) is 1.40. The molecule has 2 aromatic rings. The summed E-state index contributed by atoms with van der Waals surface area (Å²) in [5.41, 5.74) is 5.56. The van der Waals surface area contributed by atoms with Crippen LogP contribution in [0.5, 0.6) is 5.75 Å². The maximum atomic E-state index is 8.78. The van der Waals surface area contributed by atoms with Gasteiger partial charge in [-0.1, -0.05) is 6.07 Å². The number of aromatic nitrogens is 1. The van der Waals surface area contributed by atoms with E-state index < -0.39 is 5.54 Å². The van der Waals surface area contributed by atoms with Crippen LogP contribution in [0.2, 0.25) is 0 Å². The van der Waals surface area contributed by atoms with Crippen molar-refractivity contribution in [1.82, 2.24) is 4.98 Å². The molecule has 0 aliphatic rings. The first-order chi connectivity index (χ1) is 8.11. The van der Waals surface area contributed by atoms with E-state index in [1.807, 2.05) is 36.4 Å². The topological polar surface area (TPSA) is 71.9 Å². The van der Waals surface area contributed by atoms with Gasteiger partial charge in [0.15, 0.2) is 0 Å². The van der Waals surface area contributed by atoms with Crippen LogP contribution in [0.4, 0.5) is 0 Å². The average Bonchev–Trinajstić information content (AvgIpc) is 2.36. The van der Waals surface area contributed by atoms with Crippen molar-refractivity contribution in [3.63, 3.8) is 0 Å². The Labute approximate surface area is 99.6 Å². The lowest BCUT2D eigenvalue weighted by molar-refractivity contribution is 0.265. The zero-order chi connectivity index (χ0) is 12.3. The first-order valence-electron chi connectivity index (χ1n) is 5.28. The SMILES string of the molecule is CC(N)(C#N)COc1ccc2cccnc2c1. The van der Waals surface area contributed by atoms with Crippen LogP contribution in [0.15, 0.2) is 36.5 Å². The second kappa shape index (κ2) is 4.40. The van der Waals surface area contributed by atoms with Crippen LogP contribution in [0.25, 0.3) is 10.9 Å². The van der Waals surface area contributed by atoms with Gasteiger partial charge >= 0.3 is 0 Å². The zero-order valence-corrected chi connectivity index (χ0v) is 9.55. The minimum atomic E-state index is -0.973. The molecule has 4 heteroatoms. The van der Waals surface area contributed by atoms with Crippen LogP contribution < -0.4 is 10.5 Å². The van der Waals surface area contributed by atoms with Gasteiger partial charge in [0.25, 0.3) is 0 Å². The van der Waals surface area contributed by atoms with Crippen molar-refractivity contribution >= 4 is 10.9 Å². The summed E-state index contributed by atoms with van der Waals surface area (Å²) in [7, 11) is 0. The molecule has 2 rings (SSSR count). The molecule has 1 aromatic carbocycles. The predicted molar refractivity (Wildman–Crippen MR) is 65.4 cm³/mol. The number of rotatable bonds is 3. The molecular weight excluding hydrogens is 214 g/mol. The Hall–Kier alpha value is -2.12. The number of nitrogens with two attached hydrogens (primary N) is 1. The number of ether oxygens (including phenoxy) is 1. The fraction of sp³-hybridized carbons (Fsp3) is 0.231. The van der Waals surface area contributed by atoms with Crippen LogP contribution in [0.1, 0.15) is 6.92 Å². The van der Waals surface area contributed by atoms with Gasteiger partial charge in [0.2, 0.25) is 0 Å². The summed E-state index contributed by atoms with van der Waals surface area (Å²) in [5.74, 6) is 0.670. The summed E-state index contributed by atoms with van der Waals surface area (Å²) in [6, 6.07) is 11.5. The molecule has 0 fully saturated rings. The summed E-state index contributed by atoms with van der Waals surface area (Å²) in [5, 5.41) is 9.83. The largest absolute Gasteiger partial charge is 0.490 e. The maximum absolute atomic E-state index is 8.78. The molecule has 86 valence electrons. The molecule has 1 aromatic heterocycles. The second-order valence-corrected chi connectivity index (χ2v) is 4.18. The Morgan fingerprint density at radius 2 is 2.29 bits per heavy atom. The minimum Gasteiger partial charge on any atom is -0.490 e. The van der Waals surface area contributed by atoms with Gasteiger partial charge in [-0.05, 0) is 25.1 Å². The Morgan fingerprint density at radius 3 is 3.06 bits per heavy atom. The third kappa shape index (κ3) is 2.71. The minimum absolute atomic E-state index is 0.155. The molecule has 4 nitrogen and oxygen atoms in total.